The van der Waals surface area contributed by atoms with Crippen LogP contribution in [0.4, 0.5) is 5.69 Å². The average Bonchev–Trinajstić information content (AvgIpc) is 2.50. The Hall–Kier alpha value is -1.14. The highest BCUT2D eigenvalue weighted by atomic mass is 79.9. The van der Waals surface area contributed by atoms with Gasteiger partial charge in [-0.3, -0.25) is 4.98 Å². The molecule has 0 aliphatic carbocycles. The molecule has 1 aliphatic heterocycles. The van der Waals surface area contributed by atoms with Crippen molar-refractivity contribution >= 4 is 27.6 Å². The summed E-state index contributed by atoms with van der Waals surface area (Å²) in [6, 6.07) is 0. The third-order valence-electron chi connectivity index (χ3n) is 4.72. The fourth-order valence-corrected chi connectivity index (χ4v) is 3.69. The molecule has 2 heterocycles. The van der Waals surface area contributed by atoms with E-state index >= 15 is 0 Å². The molecule has 0 aromatic carbocycles. The fourth-order valence-electron chi connectivity index (χ4n) is 3.13. The van der Waals surface area contributed by atoms with Gasteiger partial charge in [-0.1, -0.05) is 13.8 Å². The van der Waals surface area contributed by atoms with Crippen LogP contribution < -0.4 is 4.90 Å². The summed E-state index contributed by atoms with van der Waals surface area (Å²) in [5.74, 6) is -0.628. The van der Waals surface area contributed by atoms with E-state index in [1.54, 1.807) is 6.92 Å². The number of esters is 1. The lowest BCUT2D eigenvalue weighted by molar-refractivity contribution is -0.153. The maximum absolute atomic E-state index is 12.1. The third-order valence-corrected chi connectivity index (χ3v) is 5.67. The largest absolute Gasteiger partial charge is 0.464 e. The Morgan fingerprint density at radius 1 is 1.33 bits per heavy atom. The number of carbonyl (C=O) groups is 1. The molecule has 24 heavy (non-hydrogen) atoms. The molecule has 1 aromatic rings. The first-order chi connectivity index (χ1) is 11.2. The number of nitrogens with zero attached hydrogens (tertiary/aromatic N) is 2. The van der Waals surface area contributed by atoms with Crippen LogP contribution in [0.25, 0.3) is 0 Å². The van der Waals surface area contributed by atoms with Crippen molar-refractivity contribution in [1.82, 2.24) is 4.98 Å². The van der Waals surface area contributed by atoms with Crippen molar-refractivity contribution in [2.75, 3.05) is 24.6 Å². The van der Waals surface area contributed by atoms with Gasteiger partial charge in [0, 0.05) is 24.3 Å². The first-order valence-electron chi connectivity index (χ1n) is 8.44. The molecule has 0 unspecified atom stereocenters. The van der Waals surface area contributed by atoms with Crippen molar-refractivity contribution in [3.63, 3.8) is 0 Å². The van der Waals surface area contributed by atoms with Crippen LogP contribution in [0.5, 0.6) is 0 Å². The van der Waals surface area contributed by atoms with Crippen LogP contribution in [0.2, 0.25) is 0 Å². The van der Waals surface area contributed by atoms with Crippen LogP contribution in [0.15, 0.2) is 4.47 Å². The minimum atomic E-state index is -1.32. The molecule has 0 saturated carbocycles. The molecule has 1 fully saturated rings. The number of halogens is 1. The number of aromatic nitrogens is 1. The van der Waals surface area contributed by atoms with E-state index < -0.39 is 12.1 Å². The standard InChI is InChI=1S/C18H27BrN2O3/c1-6-24-17(23)16(22)13-11(2)20-12(3)14(19)15(13)21-9-7-18(4,5)8-10-21/h16,22H,6-10H2,1-5H3/t16-/m0/s1. The second-order valence-corrected chi connectivity index (χ2v) is 7.96. The second-order valence-electron chi connectivity index (χ2n) is 7.16. The highest BCUT2D eigenvalue weighted by Crippen LogP contribution is 2.41. The van der Waals surface area contributed by atoms with Crippen LogP contribution in [0.3, 0.4) is 0 Å². The molecule has 134 valence electrons. The number of carbonyl (C=O) groups excluding carboxylic acids is 1. The lowest BCUT2D eigenvalue weighted by Gasteiger charge is -2.40. The Morgan fingerprint density at radius 3 is 2.46 bits per heavy atom. The summed E-state index contributed by atoms with van der Waals surface area (Å²) >= 11 is 3.62. The Bertz CT molecular complexity index is 621. The van der Waals surface area contributed by atoms with Crippen LogP contribution in [0.1, 0.15) is 56.7 Å². The monoisotopic (exact) mass is 398 g/mol. The first kappa shape index (κ1) is 19.2. The summed E-state index contributed by atoms with van der Waals surface area (Å²) in [6.07, 6.45) is 0.808. The van der Waals surface area contributed by atoms with E-state index in [4.69, 9.17) is 4.74 Å². The number of aliphatic hydroxyl groups is 1. The van der Waals surface area contributed by atoms with Crippen LogP contribution in [-0.2, 0) is 9.53 Å². The third kappa shape index (κ3) is 3.91. The van der Waals surface area contributed by atoms with Gasteiger partial charge in [-0.05, 0) is 55.0 Å². The number of anilines is 1. The van der Waals surface area contributed by atoms with E-state index in [-0.39, 0.29) is 6.61 Å². The summed E-state index contributed by atoms with van der Waals surface area (Å²) in [5.41, 5.74) is 3.25. The van der Waals surface area contributed by atoms with E-state index in [0.717, 1.165) is 41.8 Å². The summed E-state index contributed by atoms with van der Waals surface area (Å²) in [7, 11) is 0. The molecule has 1 aromatic heterocycles. The van der Waals surface area contributed by atoms with E-state index in [0.29, 0.717) is 16.7 Å². The van der Waals surface area contributed by atoms with E-state index in [1.165, 1.54) is 0 Å². The molecule has 1 atom stereocenters. The zero-order chi connectivity index (χ0) is 18.1. The van der Waals surface area contributed by atoms with Crippen molar-refractivity contribution in [2.45, 2.75) is 53.6 Å². The minimum Gasteiger partial charge on any atom is -0.464 e. The molecule has 5 nitrogen and oxygen atoms in total. The van der Waals surface area contributed by atoms with Crippen molar-refractivity contribution in [1.29, 1.82) is 0 Å². The molecule has 0 amide bonds. The number of hydrogen-bond donors (Lipinski definition) is 1. The van der Waals surface area contributed by atoms with Gasteiger partial charge in [0.25, 0.3) is 0 Å². The Morgan fingerprint density at radius 2 is 1.92 bits per heavy atom. The Kier molecular flexibility index (Phi) is 5.91. The molecule has 2 rings (SSSR count). The molecule has 6 heteroatoms. The maximum atomic E-state index is 12.1. The minimum absolute atomic E-state index is 0.239. The summed E-state index contributed by atoms with van der Waals surface area (Å²) in [4.78, 5) is 18.8. The summed E-state index contributed by atoms with van der Waals surface area (Å²) < 4.78 is 5.85. The van der Waals surface area contributed by atoms with Crippen molar-refractivity contribution in [3.8, 4) is 0 Å². The normalized spacial score (nSPS) is 18.4. The smallest absolute Gasteiger partial charge is 0.339 e. The molecule has 1 saturated heterocycles. The average molecular weight is 399 g/mol. The van der Waals surface area contributed by atoms with Crippen LogP contribution in [0, 0.1) is 19.3 Å². The van der Waals surface area contributed by atoms with E-state index in [9.17, 15) is 9.90 Å². The van der Waals surface area contributed by atoms with Gasteiger partial charge in [0.15, 0.2) is 6.10 Å². The SMILES string of the molecule is CCOC(=O)[C@@H](O)c1c(C)nc(C)c(Br)c1N1CCC(C)(C)CC1. The zero-order valence-corrected chi connectivity index (χ0v) is 16.7. The highest BCUT2D eigenvalue weighted by Gasteiger charge is 2.32. The fraction of sp³-hybridized carbons (Fsp3) is 0.667. The van der Waals surface area contributed by atoms with Crippen molar-refractivity contribution in [2.24, 2.45) is 5.41 Å². The lowest BCUT2D eigenvalue weighted by Crippen LogP contribution is -2.38. The number of piperidine rings is 1. The molecule has 1 N–H and O–H groups in total. The maximum Gasteiger partial charge on any atom is 0.339 e. The molecule has 1 aliphatic rings. The molecule has 0 spiro atoms. The van der Waals surface area contributed by atoms with Crippen LogP contribution >= 0.6 is 15.9 Å². The molecule has 0 radical (unpaired) electrons. The van der Waals surface area contributed by atoms with E-state index in [1.807, 2.05) is 13.8 Å². The second kappa shape index (κ2) is 7.40. The molecular weight excluding hydrogens is 372 g/mol. The van der Waals surface area contributed by atoms with Gasteiger partial charge in [0.1, 0.15) is 0 Å². The molecule has 0 bridgehead atoms. The predicted molar refractivity (Wildman–Crippen MR) is 98.2 cm³/mol. The zero-order valence-electron chi connectivity index (χ0n) is 15.1. The number of hydrogen-bond acceptors (Lipinski definition) is 5. The van der Waals surface area contributed by atoms with Gasteiger partial charge in [0.2, 0.25) is 0 Å². The predicted octanol–water partition coefficient (Wildman–Crippen LogP) is 3.68. The number of pyridine rings is 1. The topological polar surface area (TPSA) is 62.7 Å². The van der Waals surface area contributed by atoms with Gasteiger partial charge in [-0.2, -0.15) is 0 Å². The number of aliphatic hydroxyl groups excluding tert-OH is 1. The highest BCUT2D eigenvalue weighted by molar-refractivity contribution is 9.10. The molecular formula is C18H27BrN2O3. The van der Waals surface area contributed by atoms with E-state index in [2.05, 4.69) is 39.7 Å². The Labute approximate surface area is 152 Å². The van der Waals surface area contributed by atoms with Crippen molar-refractivity contribution in [3.05, 3.63) is 21.4 Å². The number of aryl methyl sites for hydroxylation is 2. The first-order valence-corrected chi connectivity index (χ1v) is 9.23. The summed E-state index contributed by atoms with van der Waals surface area (Å²) in [6.45, 7) is 12.0. The Balaban J connectivity index is 2.47. The van der Waals surface area contributed by atoms with Gasteiger partial charge in [-0.25, -0.2) is 4.79 Å². The number of ether oxygens (including phenoxy) is 1. The quantitative estimate of drug-likeness (QED) is 0.783. The van der Waals surface area contributed by atoms with Crippen molar-refractivity contribution < 1.29 is 14.6 Å². The van der Waals surface area contributed by atoms with Gasteiger partial charge < -0.3 is 14.7 Å². The summed E-state index contributed by atoms with van der Waals surface area (Å²) in [5, 5.41) is 10.6. The van der Waals surface area contributed by atoms with Gasteiger partial charge >= 0.3 is 5.97 Å². The van der Waals surface area contributed by atoms with Crippen LogP contribution in [-0.4, -0.2) is 35.8 Å². The number of rotatable bonds is 4. The van der Waals surface area contributed by atoms with Gasteiger partial charge in [0.05, 0.1) is 22.5 Å². The van der Waals surface area contributed by atoms with Gasteiger partial charge in [-0.15, -0.1) is 0 Å². The lowest BCUT2D eigenvalue weighted by atomic mass is 9.82.